The number of esters is 1. The quantitative estimate of drug-likeness (QED) is 0.517. The van der Waals surface area contributed by atoms with E-state index in [1.807, 2.05) is 55.8 Å². The Kier molecular flexibility index (Phi) is 8.49. The van der Waals surface area contributed by atoms with E-state index in [1.165, 1.54) is 0 Å². The van der Waals surface area contributed by atoms with Crippen molar-refractivity contribution in [3.05, 3.63) is 29.3 Å². The third kappa shape index (κ3) is 7.04. The number of fused-ring (bicyclic) bond motifs is 1. The Balaban J connectivity index is 1.32. The van der Waals surface area contributed by atoms with Gasteiger partial charge < -0.3 is 14.5 Å². The normalized spacial score (nSPS) is 22.7. The summed E-state index contributed by atoms with van der Waals surface area (Å²) in [4.78, 5) is 43.9. The maximum atomic E-state index is 13.4. The SMILES string of the molecule is CN(CC(=O)OC(C)(C)C)C1CCC(N2CCN(c3ccc4c(c3)CCN(C(=O)C(F)(F)F)CC4)C2=O)CC1. The van der Waals surface area contributed by atoms with Gasteiger partial charge in [-0.15, -0.1) is 0 Å². The molecule has 3 aliphatic rings. The van der Waals surface area contributed by atoms with Crippen LogP contribution in [-0.4, -0.2) is 96.2 Å². The number of carbonyl (C=O) groups is 3. The fourth-order valence-electron chi connectivity index (χ4n) is 5.91. The lowest BCUT2D eigenvalue weighted by atomic mass is 9.89. The zero-order valence-electron chi connectivity index (χ0n) is 23.2. The van der Waals surface area contributed by atoms with E-state index < -0.39 is 17.7 Å². The van der Waals surface area contributed by atoms with Crippen LogP contribution in [-0.2, 0) is 27.2 Å². The van der Waals surface area contributed by atoms with Gasteiger partial charge in [-0.3, -0.25) is 19.4 Å². The van der Waals surface area contributed by atoms with Crippen molar-refractivity contribution in [1.29, 1.82) is 0 Å². The summed E-state index contributed by atoms with van der Waals surface area (Å²) >= 11 is 0. The fourth-order valence-corrected chi connectivity index (χ4v) is 5.91. The molecule has 0 atom stereocenters. The van der Waals surface area contributed by atoms with E-state index in [4.69, 9.17) is 4.74 Å². The van der Waals surface area contributed by atoms with Crippen molar-refractivity contribution in [2.75, 3.05) is 44.7 Å². The summed E-state index contributed by atoms with van der Waals surface area (Å²) in [6.45, 7) is 6.99. The molecular formula is C28H39F3N4O4. The summed E-state index contributed by atoms with van der Waals surface area (Å²) < 4.78 is 44.1. The molecule has 39 heavy (non-hydrogen) atoms. The van der Waals surface area contributed by atoms with E-state index in [-0.39, 0.29) is 43.7 Å². The molecule has 8 nitrogen and oxygen atoms in total. The summed E-state index contributed by atoms with van der Waals surface area (Å²) in [5.41, 5.74) is 2.02. The Morgan fingerprint density at radius 3 is 2.23 bits per heavy atom. The van der Waals surface area contributed by atoms with Crippen molar-refractivity contribution >= 4 is 23.6 Å². The van der Waals surface area contributed by atoms with E-state index in [0.29, 0.717) is 25.9 Å². The zero-order chi connectivity index (χ0) is 28.5. The molecule has 4 rings (SSSR count). The van der Waals surface area contributed by atoms with E-state index in [1.54, 1.807) is 4.90 Å². The third-order valence-electron chi connectivity index (χ3n) is 7.90. The Morgan fingerprint density at radius 2 is 1.62 bits per heavy atom. The highest BCUT2D eigenvalue weighted by Crippen LogP contribution is 2.32. The van der Waals surface area contributed by atoms with Gasteiger partial charge in [0.25, 0.3) is 0 Å². The second-order valence-corrected chi connectivity index (χ2v) is 11.8. The smallest absolute Gasteiger partial charge is 0.459 e. The average Bonchev–Trinajstić information content (AvgIpc) is 3.10. The van der Waals surface area contributed by atoms with Crippen molar-refractivity contribution in [3.63, 3.8) is 0 Å². The number of alkyl halides is 3. The maximum absolute atomic E-state index is 13.4. The van der Waals surface area contributed by atoms with Gasteiger partial charge in [-0.05, 0) is 89.6 Å². The summed E-state index contributed by atoms with van der Waals surface area (Å²) in [7, 11) is 1.94. The molecule has 2 aliphatic heterocycles. The first-order valence-corrected chi connectivity index (χ1v) is 13.7. The largest absolute Gasteiger partial charge is 0.471 e. The number of urea groups is 1. The van der Waals surface area contributed by atoms with Gasteiger partial charge in [-0.1, -0.05) is 6.07 Å². The number of hydrogen-bond donors (Lipinski definition) is 0. The number of halogens is 3. The first-order valence-electron chi connectivity index (χ1n) is 13.7. The van der Waals surface area contributed by atoms with Crippen LogP contribution in [0.2, 0.25) is 0 Å². The topological polar surface area (TPSA) is 73.4 Å². The average molecular weight is 553 g/mol. The van der Waals surface area contributed by atoms with Crippen LogP contribution in [0.4, 0.5) is 23.7 Å². The minimum atomic E-state index is -4.88. The molecule has 3 amide bonds. The van der Waals surface area contributed by atoms with E-state index in [2.05, 4.69) is 0 Å². The second kappa shape index (κ2) is 11.3. The van der Waals surface area contributed by atoms with Crippen molar-refractivity contribution < 1.29 is 32.3 Å². The molecule has 1 aromatic carbocycles. The molecule has 216 valence electrons. The number of likely N-dealkylation sites (N-methyl/N-ethyl adjacent to an activating group) is 1. The molecule has 0 bridgehead atoms. The lowest BCUT2D eigenvalue weighted by Gasteiger charge is -2.38. The third-order valence-corrected chi connectivity index (χ3v) is 7.90. The maximum Gasteiger partial charge on any atom is 0.471 e. The predicted molar refractivity (Wildman–Crippen MR) is 140 cm³/mol. The van der Waals surface area contributed by atoms with Crippen LogP contribution >= 0.6 is 0 Å². The molecular weight excluding hydrogens is 513 g/mol. The Labute approximate surface area is 228 Å². The van der Waals surface area contributed by atoms with E-state index >= 15 is 0 Å². The fraction of sp³-hybridized carbons (Fsp3) is 0.679. The van der Waals surface area contributed by atoms with Crippen molar-refractivity contribution in [3.8, 4) is 0 Å². The number of carbonyl (C=O) groups excluding carboxylic acids is 3. The minimum absolute atomic E-state index is 0.000479. The van der Waals surface area contributed by atoms with Crippen molar-refractivity contribution in [1.82, 2.24) is 14.7 Å². The highest BCUT2D eigenvalue weighted by molar-refractivity contribution is 5.94. The molecule has 2 fully saturated rings. The molecule has 0 unspecified atom stereocenters. The highest BCUT2D eigenvalue weighted by Gasteiger charge is 2.43. The molecule has 0 N–H and O–H groups in total. The molecule has 1 saturated carbocycles. The monoisotopic (exact) mass is 552 g/mol. The Morgan fingerprint density at radius 1 is 0.974 bits per heavy atom. The summed E-state index contributed by atoms with van der Waals surface area (Å²) in [6.07, 6.45) is -0.716. The van der Waals surface area contributed by atoms with Crippen LogP contribution in [0.1, 0.15) is 57.6 Å². The molecule has 0 spiro atoms. The van der Waals surface area contributed by atoms with Crippen LogP contribution in [0.5, 0.6) is 0 Å². The van der Waals surface area contributed by atoms with Crippen LogP contribution in [0, 0.1) is 0 Å². The van der Waals surface area contributed by atoms with Crippen molar-refractivity contribution in [2.45, 2.75) is 83.2 Å². The van der Waals surface area contributed by atoms with Gasteiger partial charge in [-0.25, -0.2) is 4.79 Å². The van der Waals surface area contributed by atoms with E-state index in [0.717, 1.165) is 47.4 Å². The number of hydrogen-bond acceptors (Lipinski definition) is 5. The number of amides is 3. The molecule has 11 heteroatoms. The zero-order valence-corrected chi connectivity index (χ0v) is 23.2. The standard InChI is InChI=1S/C28H39F3N4O4/c1-27(2,3)39-24(36)18-32(4)21-7-9-22(10-8-21)34-15-16-35(26(34)38)23-6-5-19-11-13-33(14-12-20(19)17-23)25(37)28(29,30)31/h5-6,17,21-22H,7-16,18H2,1-4H3. The summed E-state index contributed by atoms with van der Waals surface area (Å²) in [5.74, 6) is -2.04. The lowest BCUT2D eigenvalue weighted by Crippen LogP contribution is -2.46. The van der Waals surface area contributed by atoms with Crippen molar-refractivity contribution in [2.24, 2.45) is 0 Å². The van der Waals surface area contributed by atoms with Crippen LogP contribution < -0.4 is 4.90 Å². The first-order chi connectivity index (χ1) is 18.2. The second-order valence-electron chi connectivity index (χ2n) is 11.8. The van der Waals surface area contributed by atoms with Gasteiger partial charge >= 0.3 is 24.1 Å². The number of rotatable bonds is 5. The number of nitrogens with zero attached hydrogens (tertiary/aromatic N) is 4. The van der Waals surface area contributed by atoms with Crippen LogP contribution in [0.25, 0.3) is 0 Å². The highest BCUT2D eigenvalue weighted by atomic mass is 19.4. The number of benzene rings is 1. The lowest BCUT2D eigenvalue weighted by molar-refractivity contribution is -0.185. The van der Waals surface area contributed by atoms with Crippen LogP contribution in [0.15, 0.2) is 18.2 Å². The number of anilines is 1. The number of ether oxygens (including phenoxy) is 1. The minimum Gasteiger partial charge on any atom is -0.459 e. The molecule has 0 aromatic heterocycles. The van der Waals surface area contributed by atoms with Gasteiger partial charge in [-0.2, -0.15) is 13.2 Å². The Bertz CT molecular complexity index is 1080. The first kappa shape index (κ1) is 29.2. The Hall–Kier alpha value is -2.82. The van der Waals surface area contributed by atoms with Crippen LogP contribution in [0.3, 0.4) is 0 Å². The molecule has 0 radical (unpaired) electrons. The molecule has 1 aliphatic carbocycles. The van der Waals surface area contributed by atoms with E-state index in [9.17, 15) is 27.6 Å². The molecule has 1 saturated heterocycles. The molecule has 2 heterocycles. The van der Waals surface area contributed by atoms with Gasteiger partial charge in [0.05, 0.1) is 6.54 Å². The van der Waals surface area contributed by atoms with Gasteiger partial charge in [0.15, 0.2) is 0 Å². The molecule has 1 aromatic rings. The van der Waals surface area contributed by atoms with Gasteiger partial charge in [0, 0.05) is 44.0 Å². The summed E-state index contributed by atoms with van der Waals surface area (Å²) in [6, 6.07) is 5.95. The van der Waals surface area contributed by atoms with Gasteiger partial charge in [0.2, 0.25) is 0 Å². The summed E-state index contributed by atoms with van der Waals surface area (Å²) in [5, 5.41) is 0. The predicted octanol–water partition coefficient (Wildman–Crippen LogP) is 4.00. The van der Waals surface area contributed by atoms with Gasteiger partial charge in [0.1, 0.15) is 5.60 Å².